The number of halogens is 1. The summed E-state index contributed by atoms with van der Waals surface area (Å²) in [6.07, 6.45) is 3.09. The first-order chi connectivity index (χ1) is 15.7. The number of fused-ring (bicyclic) bond motifs is 2. The number of likely N-dealkylation sites (tertiary alicyclic amines) is 1. The van der Waals surface area contributed by atoms with Crippen molar-refractivity contribution in [3.05, 3.63) is 43.3 Å². The number of aromatic nitrogens is 1. The normalized spacial score (nSPS) is 24.1. The second-order valence-corrected chi connectivity index (χ2v) is 12.3. The molecule has 0 radical (unpaired) electrons. The predicted octanol–water partition coefficient (Wildman–Crippen LogP) is 3.63. The van der Waals surface area contributed by atoms with E-state index in [-0.39, 0.29) is 29.1 Å². The van der Waals surface area contributed by atoms with Crippen LogP contribution in [0.1, 0.15) is 38.0 Å². The minimum absolute atomic E-state index is 0.0241. The zero-order chi connectivity index (χ0) is 23.5. The standard InChI is InChI=1S/C23H24BrN3O4S2/c1-23(2)16-17(20(30)27(19(16)29)14-8-6-13(24)7-9-14)32-21-18(23)33-22(31)26(21)12-15(28)25-10-4-3-5-11-25/h6-9,16-17H,3-5,10-12H2,1-2H3. The maximum Gasteiger partial charge on any atom is 0.308 e. The summed E-state index contributed by atoms with van der Waals surface area (Å²) in [5.41, 5.74) is -0.161. The molecule has 4 heterocycles. The number of benzene rings is 1. The largest absolute Gasteiger partial charge is 0.341 e. The zero-order valence-electron chi connectivity index (χ0n) is 18.4. The number of carbonyl (C=O) groups excluding carboxylic acids is 3. The van der Waals surface area contributed by atoms with Crippen molar-refractivity contribution in [3.8, 4) is 0 Å². The summed E-state index contributed by atoms with van der Waals surface area (Å²) in [6.45, 7) is 5.26. The number of amides is 3. The fraction of sp³-hybridized carbons (Fsp3) is 0.478. The van der Waals surface area contributed by atoms with Gasteiger partial charge in [0.15, 0.2) is 0 Å². The van der Waals surface area contributed by atoms with Crippen LogP contribution in [0, 0.1) is 5.92 Å². The quantitative estimate of drug-likeness (QED) is 0.546. The topological polar surface area (TPSA) is 79.7 Å². The van der Waals surface area contributed by atoms with Gasteiger partial charge in [-0.2, -0.15) is 0 Å². The van der Waals surface area contributed by atoms with Crippen molar-refractivity contribution >= 4 is 62.4 Å². The van der Waals surface area contributed by atoms with Gasteiger partial charge in [0.25, 0.3) is 0 Å². The van der Waals surface area contributed by atoms with Gasteiger partial charge in [-0.3, -0.25) is 23.7 Å². The summed E-state index contributed by atoms with van der Waals surface area (Å²) < 4.78 is 2.38. The lowest BCUT2D eigenvalue weighted by molar-refractivity contribution is -0.133. The summed E-state index contributed by atoms with van der Waals surface area (Å²) >= 11 is 5.74. The highest BCUT2D eigenvalue weighted by atomic mass is 79.9. The van der Waals surface area contributed by atoms with Gasteiger partial charge in [-0.25, -0.2) is 4.90 Å². The summed E-state index contributed by atoms with van der Waals surface area (Å²) in [5.74, 6) is -1.16. The Kier molecular flexibility index (Phi) is 5.81. The fourth-order valence-corrected chi connectivity index (χ4v) is 8.29. The van der Waals surface area contributed by atoms with E-state index in [1.807, 2.05) is 18.7 Å². The number of imide groups is 1. The van der Waals surface area contributed by atoms with Crippen LogP contribution >= 0.6 is 39.0 Å². The van der Waals surface area contributed by atoms with Gasteiger partial charge in [0.1, 0.15) is 11.8 Å². The van der Waals surface area contributed by atoms with Gasteiger partial charge in [-0.15, -0.1) is 0 Å². The minimum atomic E-state index is -0.703. The van der Waals surface area contributed by atoms with Crippen LogP contribution in [0.15, 0.2) is 38.6 Å². The van der Waals surface area contributed by atoms with E-state index in [0.717, 1.165) is 53.0 Å². The molecule has 33 heavy (non-hydrogen) atoms. The Bertz CT molecular complexity index is 1200. The second kappa shape index (κ2) is 8.39. The van der Waals surface area contributed by atoms with E-state index in [4.69, 9.17) is 0 Å². The Labute approximate surface area is 208 Å². The molecule has 7 nitrogen and oxygen atoms in total. The number of hydrogen-bond donors (Lipinski definition) is 0. The van der Waals surface area contributed by atoms with E-state index in [0.29, 0.717) is 10.7 Å². The average molecular weight is 551 g/mol. The number of thiazole rings is 1. The molecule has 1 aromatic heterocycles. The lowest BCUT2D eigenvalue weighted by Gasteiger charge is -2.36. The van der Waals surface area contributed by atoms with Crippen molar-refractivity contribution in [3.63, 3.8) is 0 Å². The van der Waals surface area contributed by atoms with Crippen molar-refractivity contribution < 1.29 is 14.4 Å². The Morgan fingerprint density at radius 1 is 1.06 bits per heavy atom. The zero-order valence-corrected chi connectivity index (χ0v) is 21.6. The van der Waals surface area contributed by atoms with E-state index in [1.54, 1.807) is 24.3 Å². The summed E-state index contributed by atoms with van der Waals surface area (Å²) in [6, 6.07) is 7.10. The molecule has 1 aromatic carbocycles. The summed E-state index contributed by atoms with van der Waals surface area (Å²) in [5, 5.41) is 0.0226. The van der Waals surface area contributed by atoms with Gasteiger partial charge in [-0.1, -0.05) is 52.9 Å². The van der Waals surface area contributed by atoms with Crippen LogP contribution in [0.4, 0.5) is 5.69 Å². The molecule has 2 atom stereocenters. The molecule has 5 rings (SSSR count). The Morgan fingerprint density at radius 2 is 1.73 bits per heavy atom. The van der Waals surface area contributed by atoms with Crippen molar-refractivity contribution in [1.29, 1.82) is 0 Å². The number of carbonyl (C=O) groups is 3. The van der Waals surface area contributed by atoms with E-state index in [2.05, 4.69) is 15.9 Å². The molecule has 3 amide bonds. The van der Waals surface area contributed by atoms with E-state index in [9.17, 15) is 19.2 Å². The number of piperidine rings is 1. The van der Waals surface area contributed by atoms with Crippen LogP contribution < -0.4 is 9.77 Å². The molecule has 2 saturated heterocycles. The van der Waals surface area contributed by atoms with Crippen LogP contribution in [-0.2, 0) is 26.3 Å². The maximum atomic E-state index is 13.5. The predicted molar refractivity (Wildman–Crippen MR) is 132 cm³/mol. The third kappa shape index (κ3) is 3.70. The molecule has 0 N–H and O–H groups in total. The molecule has 0 bridgehead atoms. The Hall–Kier alpha value is -1.91. The molecule has 3 aliphatic rings. The molecule has 0 spiro atoms. The number of nitrogens with zero attached hydrogens (tertiary/aromatic N) is 3. The third-order valence-electron chi connectivity index (χ3n) is 6.79. The van der Waals surface area contributed by atoms with Crippen molar-refractivity contribution in [2.24, 2.45) is 5.92 Å². The maximum absolute atomic E-state index is 13.5. The lowest BCUT2D eigenvalue weighted by atomic mass is 9.76. The number of rotatable bonds is 3. The first-order valence-electron chi connectivity index (χ1n) is 11.0. The van der Waals surface area contributed by atoms with Gasteiger partial charge in [0.05, 0.1) is 16.6 Å². The SMILES string of the molecule is CC1(C)c2sc(=O)n(CC(=O)N3CCCCC3)c2SC2C(=O)N(c3ccc(Br)cc3)C(=O)C21. The van der Waals surface area contributed by atoms with Crippen molar-refractivity contribution in [2.45, 2.75) is 55.3 Å². The molecule has 2 aromatic rings. The van der Waals surface area contributed by atoms with Gasteiger partial charge >= 0.3 is 4.87 Å². The highest BCUT2D eigenvalue weighted by molar-refractivity contribution is 9.10. The minimum Gasteiger partial charge on any atom is -0.341 e. The summed E-state index contributed by atoms with van der Waals surface area (Å²) in [7, 11) is 0. The van der Waals surface area contributed by atoms with Crippen molar-refractivity contribution in [2.75, 3.05) is 18.0 Å². The Morgan fingerprint density at radius 3 is 2.39 bits per heavy atom. The molecule has 2 unspecified atom stereocenters. The lowest BCUT2D eigenvalue weighted by Crippen LogP contribution is -2.42. The smallest absolute Gasteiger partial charge is 0.308 e. The van der Waals surface area contributed by atoms with Gasteiger partial charge in [0, 0.05) is 27.9 Å². The average Bonchev–Trinajstić information content (AvgIpc) is 3.24. The number of anilines is 1. The molecule has 10 heteroatoms. The fourth-order valence-electron chi connectivity index (χ4n) is 4.99. The van der Waals surface area contributed by atoms with Gasteiger partial charge in [0.2, 0.25) is 17.7 Å². The van der Waals surface area contributed by atoms with Crippen LogP contribution in [-0.4, -0.2) is 45.5 Å². The molecular weight excluding hydrogens is 526 g/mol. The third-order valence-corrected chi connectivity index (χ3v) is 10.1. The number of thioether (sulfide) groups is 1. The molecule has 2 fully saturated rings. The van der Waals surface area contributed by atoms with Gasteiger partial charge < -0.3 is 4.90 Å². The number of hydrogen-bond acceptors (Lipinski definition) is 6. The summed E-state index contributed by atoms with van der Waals surface area (Å²) in [4.78, 5) is 56.4. The van der Waals surface area contributed by atoms with Crippen molar-refractivity contribution in [1.82, 2.24) is 9.47 Å². The van der Waals surface area contributed by atoms with Crippen LogP contribution in [0.2, 0.25) is 0 Å². The highest BCUT2D eigenvalue weighted by Gasteiger charge is 2.59. The second-order valence-electron chi connectivity index (χ2n) is 9.26. The molecule has 174 valence electrons. The van der Waals surface area contributed by atoms with Crippen LogP contribution in [0.25, 0.3) is 0 Å². The van der Waals surface area contributed by atoms with Gasteiger partial charge in [-0.05, 0) is 43.5 Å². The molecular formula is C23H24BrN3O4S2. The first-order valence-corrected chi connectivity index (χ1v) is 13.5. The van der Waals surface area contributed by atoms with E-state index < -0.39 is 16.6 Å². The monoisotopic (exact) mass is 549 g/mol. The Balaban J connectivity index is 1.49. The molecule has 0 aliphatic carbocycles. The van der Waals surface area contributed by atoms with Crippen LogP contribution in [0.3, 0.4) is 0 Å². The van der Waals surface area contributed by atoms with Crippen LogP contribution in [0.5, 0.6) is 0 Å². The van der Waals surface area contributed by atoms with E-state index >= 15 is 0 Å². The highest BCUT2D eigenvalue weighted by Crippen LogP contribution is 2.54. The van der Waals surface area contributed by atoms with E-state index in [1.165, 1.54) is 21.2 Å². The first kappa shape index (κ1) is 22.9. The molecule has 0 saturated carbocycles. The molecule has 3 aliphatic heterocycles.